The van der Waals surface area contributed by atoms with Gasteiger partial charge in [0.2, 0.25) is 45.6 Å². The number of nitrogens with zero attached hydrogens (tertiary/aromatic N) is 8. The van der Waals surface area contributed by atoms with Gasteiger partial charge < -0.3 is 17.7 Å². The predicted molar refractivity (Wildman–Crippen MR) is 462 cm³/mol. The minimum Gasteiger partial charge on any atom is -0.437 e. The van der Waals surface area contributed by atoms with Crippen molar-refractivity contribution in [2.75, 3.05) is 0 Å². The highest BCUT2D eigenvalue weighted by atomic mass is 16.4. The van der Waals surface area contributed by atoms with E-state index in [1.54, 1.807) is 0 Å². The number of pyridine rings is 8. The molecule has 576 valence electrons. The Labute approximate surface area is 662 Å². The molecule has 12 aromatic heterocycles. The molecule has 0 aliphatic heterocycles. The number of fused-ring (bicyclic) bond motifs is 12. The summed E-state index contributed by atoms with van der Waals surface area (Å²) in [6.07, 6.45) is 19.0. The summed E-state index contributed by atoms with van der Waals surface area (Å²) < 4.78 is 34.2. The van der Waals surface area contributed by atoms with E-state index < -0.39 is 0 Å². The number of hydrogen-bond acceptors (Lipinski definition) is 8. The predicted octanol–water partition coefficient (Wildman–Crippen LogP) is 25.3. The molecule has 0 fully saturated rings. The molecule has 4 aromatic carbocycles. The average molecular weight is 1490 g/mol. The van der Waals surface area contributed by atoms with E-state index in [1.165, 1.54) is 102 Å². The molecular weight excluding hydrogens is 1380 g/mol. The van der Waals surface area contributed by atoms with Crippen LogP contribution in [0.4, 0.5) is 0 Å². The van der Waals surface area contributed by atoms with Crippen molar-refractivity contribution in [3.63, 3.8) is 0 Å². The number of benzene rings is 4. The topological polar surface area (TPSA) is 120 Å². The second-order valence-electron chi connectivity index (χ2n) is 31.6. The van der Waals surface area contributed by atoms with Crippen LogP contribution in [0.15, 0.2) is 182 Å². The van der Waals surface area contributed by atoms with Gasteiger partial charge in [-0.2, -0.15) is 0 Å². The average Bonchev–Trinajstić information content (AvgIpc) is 1.62. The van der Waals surface area contributed by atoms with Gasteiger partial charge in [0.1, 0.15) is 28.2 Å². The summed E-state index contributed by atoms with van der Waals surface area (Å²) in [6, 6.07) is 50.4. The van der Waals surface area contributed by atoms with Gasteiger partial charge in [-0.3, -0.25) is 0 Å². The van der Waals surface area contributed by atoms with Crippen molar-refractivity contribution in [3.8, 4) is 45.0 Å². The molecule has 0 aliphatic rings. The highest BCUT2D eigenvalue weighted by Crippen LogP contribution is 2.43. The minimum atomic E-state index is 0.378. The van der Waals surface area contributed by atoms with Gasteiger partial charge >= 0.3 is 0 Å². The second-order valence-corrected chi connectivity index (χ2v) is 31.6. The number of aryl methyl sites for hydroxylation is 12. The summed E-state index contributed by atoms with van der Waals surface area (Å²) in [4.78, 5) is 18.7. The maximum Gasteiger partial charge on any atom is 0.227 e. The normalized spacial score (nSPS) is 11.8. The summed E-state index contributed by atoms with van der Waals surface area (Å²) in [6.45, 7) is 39.5. The molecule has 0 bridgehead atoms. The van der Waals surface area contributed by atoms with Gasteiger partial charge in [-0.25, -0.2) is 38.2 Å². The van der Waals surface area contributed by atoms with Crippen molar-refractivity contribution < 1.29 is 35.9 Å². The highest BCUT2D eigenvalue weighted by Gasteiger charge is 2.29. The highest BCUT2D eigenvalue weighted by molar-refractivity contribution is 6.12. The lowest BCUT2D eigenvalue weighted by atomic mass is 9.90. The number of rotatable bonds is 18. The Morgan fingerprint density at radius 3 is 0.938 bits per heavy atom. The summed E-state index contributed by atoms with van der Waals surface area (Å²) in [7, 11) is 8.47. The van der Waals surface area contributed by atoms with Gasteiger partial charge in [0.25, 0.3) is 0 Å². The summed E-state index contributed by atoms with van der Waals surface area (Å²) in [5, 5.41) is 8.87. The zero-order valence-electron chi connectivity index (χ0n) is 70.5. The molecule has 0 saturated carbocycles. The SMILES string of the molecule is CCC(CC)c1c[n+](C)c(-c2c(C)ccc3c2oc2nc(C)ccc23)cc1C.CCC(CC)c1cc[n+](C)c(-c2c(C)ccc3c2oc2nc(C(C)C)ccc23)c1.CCC(CC)c1cc[n+](C)c(-c2c(C)ccc3c2oc2nc(C)ccc23)c1.CCc1ccc2c(n1)oc1c(-c3cc(C(CC)CC)cc[n+]3C)c(C)ccc12. The van der Waals surface area contributed by atoms with E-state index in [9.17, 15) is 0 Å². The first-order valence-corrected chi connectivity index (χ1v) is 41.2. The van der Waals surface area contributed by atoms with Gasteiger partial charge in [-0.1, -0.05) is 125 Å². The van der Waals surface area contributed by atoms with Crippen LogP contribution in [0.5, 0.6) is 0 Å². The molecule has 0 spiro atoms. The molecular formula is C100H116N8O4+4. The van der Waals surface area contributed by atoms with Gasteiger partial charge in [-0.05, 0) is 229 Å². The van der Waals surface area contributed by atoms with Crippen molar-refractivity contribution in [1.82, 2.24) is 19.9 Å². The van der Waals surface area contributed by atoms with Crippen molar-refractivity contribution in [1.29, 1.82) is 0 Å². The second kappa shape index (κ2) is 33.7. The first-order chi connectivity index (χ1) is 54.0. The summed E-state index contributed by atoms with van der Waals surface area (Å²) in [5.41, 5.74) is 32.0. The first-order valence-electron chi connectivity index (χ1n) is 41.2. The molecule has 0 radical (unpaired) electrons. The van der Waals surface area contributed by atoms with Gasteiger partial charge in [-0.15, -0.1) is 0 Å². The maximum absolute atomic E-state index is 6.39. The van der Waals surface area contributed by atoms with Crippen LogP contribution >= 0.6 is 0 Å². The monoisotopic (exact) mass is 1490 g/mol. The van der Waals surface area contributed by atoms with Crippen LogP contribution in [0.1, 0.15) is 230 Å². The van der Waals surface area contributed by atoms with Gasteiger partial charge in [0.05, 0.1) is 22.3 Å². The van der Waals surface area contributed by atoms with Crippen LogP contribution in [0, 0.1) is 48.5 Å². The number of hydrogen-bond donors (Lipinski definition) is 0. The summed E-state index contributed by atoms with van der Waals surface area (Å²) in [5.74, 6) is 2.74. The summed E-state index contributed by atoms with van der Waals surface area (Å²) >= 11 is 0. The van der Waals surface area contributed by atoms with E-state index in [2.05, 4.69) is 319 Å². The largest absolute Gasteiger partial charge is 0.437 e. The standard InChI is InChI=1S/C26H31N2O.2C25H29N2O.C24H27N2O/c1-7-18(8-2)19-13-14-28(6)23(15-19)24-17(5)9-10-20-21-11-12-22(16(3)4)27-26(21)29-25(20)24;1-7-18(8-2)21-14-27(6)22(13-16(21)4)23-15(3)9-11-19-20-12-10-17(5)26-25(20)28-24(19)23;1-6-17(7-2)18-13-14-27(5)22(15-18)23-16(4)9-11-20-21-12-10-19(8-3)26-25(21)28-24(20)23;1-6-17(7-2)18-12-13-26(5)21(14-18)22-15(3)8-10-19-20-11-9-16(4)25-24(20)27-23(19)22/h9-16,18H,7-8H2,1-6H3;9-14,18H,7-8H2,1-6H3;9-15,17H,6-8H2,1-5H3;8-14,17H,6-7H2,1-5H3/q4*+1. The fourth-order valence-corrected chi connectivity index (χ4v) is 17.0. The Bertz CT molecular complexity index is 6150. The third-order valence-electron chi connectivity index (χ3n) is 24.0. The lowest BCUT2D eigenvalue weighted by molar-refractivity contribution is -0.661. The minimum absolute atomic E-state index is 0.378. The third kappa shape index (κ3) is 15.3. The fraction of sp³-hybridized carbons (Fsp3) is 0.360. The van der Waals surface area contributed by atoms with Crippen molar-refractivity contribution >= 4 is 88.3 Å². The smallest absolute Gasteiger partial charge is 0.227 e. The molecule has 0 N–H and O–H groups in total. The fourth-order valence-electron chi connectivity index (χ4n) is 17.0. The van der Waals surface area contributed by atoms with E-state index in [0.29, 0.717) is 29.6 Å². The Hall–Kier alpha value is -10.7. The quantitative estimate of drug-likeness (QED) is 0.0779. The molecule has 112 heavy (non-hydrogen) atoms. The van der Waals surface area contributed by atoms with Crippen molar-refractivity contribution in [2.45, 2.75) is 212 Å². The van der Waals surface area contributed by atoms with E-state index >= 15 is 0 Å². The Morgan fingerprint density at radius 2 is 0.607 bits per heavy atom. The molecule has 0 saturated heterocycles. The molecule has 12 nitrogen and oxygen atoms in total. The molecule has 0 amide bonds. The first kappa shape index (κ1) is 79.4. The molecule has 16 rings (SSSR count). The van der Waals surface area contributed by atoms with Gasteiger partial charge in [0.15, 0.2) is 47.1 Å². The van der Waals surface area contributed by atoms with Crippen LogP contribution in [0.25, 0.3) is 133 Å². The Kier molecular flexibility index (Phi) is 23.9. The van der Waals surface area contributed by atoms with Crippen LogP contribution in [0.3, 0.4) is 0 Å². The van der Waals surface area contributed by atoms with E-state index in [4.69, 9.17) is 27.6 Å². The van der Waals surface area contributed by atoms with Crippen LogP contribution in [-0.4, -0.2) is 19.9 Å². The Balaban J connectivity index is 0.000000131. The van der Waals surface area contributed by atoms with E-state index in [-0.39, 0.29) is 0 Å². The lowest BCUT2D eigenvalue weighted by Crippen LogP contribution is -2.32. The third-order valence-corrected chi connectivity index (χ3v) is 24.0. The maximum atomic E-state index is 6.39. The molecule has 12 heteroatoms. The van der Waals surface area contributed by atoms with Gasteiger partial charge in [0, 0.05) is 114 Å². The number of furan rings is 4. The zero-order chi connectivity index (χ0) is 79.7. The lowest BCUT2D eigenvalue weighted by Gasteiger charge is -2.15. The Morgan fingerprint density at radius 1 is 0.304 bits per heavy atom. The molecule has 0 aliphatic carbocycles. The van der Waals surface area contributed by atoms with E-state index in [1.807, 2.05) is 26.0 Å². The zero-order valence-corrected chi connectivity index (χ0v) is 70.5. The molecule has 16 aromatic rings. The van der Waals surface area contributed by atoms with Crippen LogP contribution in [-0.2, 0) is 34.6 Å². The molecule has 0 unspecified atom stereocenters. The molecule has 0 atom stereocenters. The van der Waals surface area contributed by atoms with Crippen LogP contribution in [0.2, 0.25) is 0 Å². The number of aromatic nitrogens is 8. The van der Waals surface area contributed by atoms with Crippen molar-refractivity contribution in [3.05, 3.63) is 237 Å². The molecule has 12 heterocycles. The van der Waals surface area contributed by atoms with E-state index in [0.717, 1.165) is 162 Å². The van der Waals surface area contributed by atoms with Crippen LogP contribution < -0.4 is 18.3 Å². The van der Waals surface area contributed by atoms with Crippen molar-refractivity contribution in [2.24, 2.45) is 28.2 Å².